The molecule has 0 aromatic heterocycles. The third-order valence-corrected chi connectivity index (χ3v) is 6.58. The monoisotopic (exact) mass is 422 g/mol. The average molecular weight is 423 g/mol. The Morgan fingerprint density at radius 2 is 1.30 bits per heavy atom. The number of esters is 1. The largest absolute Gasteiger partial charge is 0.481 e. The zero-order chi connectivity index (χ0) is 22.0. The van der Waals surface area contributed by atoms with Gasteiger partial charge < -0.3 is 9.84 Å². The Morgan fingerprint density at radius 3 is 1.80 bits per heavy atom. The van der Waals surface area contributed by atoms with Crippen LogP contribution in [0.3, 0.4) is 0 Å². The van der Waals surface area contributed by atoms with Gasteiger partial charge in [-0.25, -0.2) is 0 Å². The van der Waals surface area contributed by atoms with Gasteiger partial charge in [-0.1, -0.05) is 109 Å². The average Bonchev–Trinajstić information content (AvgIpc) is 2.75. The number of hydrogen-bond donors (Lipinski definition) is 1. The molecule has 0 radical (unpaired) electrons. The Morgan fingerprint density at radius 1 is 0.833 bits per heavy atom. The maximum Gasteiger partial charge on any atom is 0.310 e. The molecule has 0 spiro atoms. The molecule has 1 aliphatic carbocycles. The summed E-state index contributed by atoms with van der Waals surface area (Å²) in [6.45, 7) is 5.06. The molecule has 0 saturated heterocycles. The maximum absolute atomic E-state index is 12.2. The molecular formula is C26H46O4. The number of carbonyl (C=O) groups is 2. The molecule has 1 aliphatic rings. The number of carboxylic acids is 1. The lowest BCUT2D eigenvalue weighted by molar-refractivity contribution is -0.158. The van der Waals surface area contributed by atoms with Crippen molar-refractivity contribution in [1.82, 2.24) is 0 Å². The van der Waals surface area contributed by atoms with Crippen LogP contribution in [-0.4, -0.2) is 23.7 Å². The molecule has 0 aromatic rings. The Bertz CT molecular complexity index is 485. The third kappa shape index (κ3) is 12.4. The van der Waals surface area contributed by atoms with E-state index in [-0.39, 0.29) is 5.97 Å². The van der Waals surface area contributed by atoms with Crippen LogP contribution in [0.4, 0.5) is 0 Å². The third-order valence-electron chi connectivity index (χ3n) is 6.58. The van der Waals surface area contributed by atoms with Crippen LogP contribution in [0.25, 0.3) is 0 Å². The predicted molar refractivity (Wildman–Crippen MR) is 123 cm³/mol. The molecule has 0 aliphatic heterocycles. The summed E-state index contributed by atoms with van der Waals surface area (Å²) in [6, 6.07) is 0. The van der Waals surface area contributed by atoms with E-state index in [2.05, 4.69) is 13.8 Å². The van der Waals surface area contributed by atoms with Gasteiger partial charge >= 0.3 is 11.9 Å². The molecule has 0 heterocycles. The van der Waals surface area contributed by atoms with E-state index in [9.17, 15) is 14.7 Å². The summed E-state index contributed by atoms with van der Waals surface area (Å²) in [5, 5.41) is 9.24. The molecule has 1 N–H and O–H groups in total. The van der Waals surface area contributed by atoms with Gasteiger partial charge in [0, 0.05) is 0 Å². The second-order valence-corrected chi connectivity index (χ2v) is 9.21. The minimum Gasteiger partial charge on any atom is -0.481 e. The van der Waals surface area contributed by atoms with Gasteiger partial charge in [0.05, 0.1) is 18.4 Å². The number of carbonyl (C=O) groups excluding carboxylic acids is 1. The van der Waals surface area contributed by atoms with Crippen LogP contribution in [0.1, 0.15) is 117 Å². The molecular weight excluding hydrogens is 376 g/mol. The highest BCUT2D eigenvalue weighted by Crippen LogP contribution is 2.27. The fraction of sp³-hybridized carbons (Fsp3) is 0.846. The number of hydrogen-bond acceptors (Lipinski definition) is 3. The van der Waals surface area contributed by atoms with Crippen molar-refractivity contribution in [3.63, 3.8) is 0 Å². The minimum absolute atomic E-state index is 0.341. The van der Waals surface area contributed by atoms with E-state index in [0.29, 0.717) is 19.4 Å². The van der Waals surface area contributed by atoms with Gasteiger partial charge in [-0.15, -0.1) is 0 Å². The number of rotatable bonds is 18. The highest BCUT2D eigenvalue weighted by molar-refractivity contribution is 5.81. The van der Waals surface area contributed by atoms with Crippen LogP contribution in [-0.2, 0) is 14.3 Å². The molecule has 0 fully saturated rings. The molecule has 1 rings (SSSR count). The Kier molecular flexibility index (Phi) is 15.5. The molecule has 174 valence electrons. The first-order valence-corrected chi connectivity index (χ1v) is 12.6. The van der Waals surface area contributed by atoms with Gasteiger partial charge in [-0.3, -0.25) is 9.59 Å². The van der Waals surface area contributed by atoms with E-state index in [4.69, 9.17) is 4.74 Å². The van der Waals surface area contributed by atoms with E-state index >= 15 is 0 Å². The molecule has 3 atom stereocenters. The van der Waals surface area contributed by atoms with Gasteiger partial charge in [0.15, 0.2) is 0 Å². The van der Waals surface area contributed by atoms with Crippen molar-refractivity contribution in [3.8, 4) is 0 Å². The minimum atomic E-state index is -0.900. The van der Waals surface area contributed by atoms with E-state index in [1.165, 1.54) is 77.0 Å². The first-order valence-electron chi connectivity index (χ1n) is 12.6. The SMILES string of the molecule is CCC(C)CCCCCCCCCCCCCCOC(=O)C1CC=CCC1C(=O)O. The van der Waals surface area contributed by atoms with E-state index < -0.39 is 17.8 Å². The zero-order valence-corrected chi connectivity index (χ0v) is 19.6. The predicted octanol–water partition coefficient (Wildman–Crippen LogP) is 7.31. The topological polar surface area (TPSA) is 63.6 Å². The fourth-order valence-electron chi connectivity index (χ4n) is 4.19. The Balaban J connectivity index is 1.87. The summed E-state index contributed by atoms with van der Waals surface area (Å²) >= 11 is 0. The molecule has 4 nitrogen and oxygen atoms in total. The van der Waals surface area contributed by atoms with Crippen molar-refractivity contribution in [2.45, 2.75) is 117 Å². The second kappa shape index (κ2) is 17.4. The number of aliphatic carboxylic acids is 1. The standard InChI is InChI=1S/C26H46O4/c1-3-22(2)18-14-12-10-8-6-4-5-7-9-11-13-17-21-30-26(29)24-20-16-15-19-23(24)25(27)28/h15-16,22-24H,3-14,17-21H2,1-2H3,(H,27,28). The van der Waals surface area contributed by atoms with Crippen molar-refractivity contribution >= 4 is 11.9 Å². The lowest BCUT2D eigenvalue weighted by atomic mass is 9.83. The summed E-state index contributed by atoms with van der Waals surface area (Å²) in [6.07, 6.45) is 22.8. The van der Waals surface area contributed by atoms with Gasteiger partial charge in [0.2, 0.25) is 0 Å². The molecule has 30 heavy (non-hydrogen) atoms. The van der Waals surface area contributed by atoms with Gasteiger partial charge in [0.25, 0.3) is 0 Å². The lowest BCUT2D eigenvalue weighted by Crippen LogP contribution is -2.32. The zero-order valence-electron chi connectivity index (χ0n) is 19.6. The van der Waals surface area contributed by atoms with Crippen molar-refractivity contribution < 1.29 is 19.4 Å². The summed E-state index contributed by atoms with van der Waals surface area (Å²) < 4.78 is 5.35. The quantitative estimate of drug-likeness (QED) is 0.143. The number of unbranched alkanes of at least 4 members (excludes halogenated alkanes) is 11. The first-order chi connectivity index (χ1) is 14.6. The van der Waals surface area contributed by atoms with E-state index in [1.54, 1.807) is 0 Å². The van der Waals surface area contributed by atoms with Crippen LogP contribution >= 0.6 is 0 Å². The molecule has 0 saturated carbocycles. The number of ether oxygens (including phenoxy) is 1. The highest BCUT2D eigenvalue weighted by atomic mass is 16.5. The van der Waals surface area contributed by atoms with Gasteiger partial charge in [-0.05, 0) is 25.2 Å². The van der Waals surface area contributed by atoms with Gasteiger partial charge in [-0.2, -0.15) is 0 Å². The highest BCUT2D eigenvalue weighted by Gasteiger charge is 2.34. The summed E-state index contributed by atoms with van der Waals surface area (Å²) in [7, 11) is 0. The van der Waals surface area contributed by atoms with E-state index in [1.807, 2.05) is 12.2 Å². The number of allylic oxidation sites excluding steroid dienone is 2. The van der Waals surface area contributed by atoms with Gasteiger partial charge in [0.1, 0.15) is 0 Å². The van der Waals surface area contributed by atoms with Crippen molar-refractivity contribution in [1.29, 1.82) is 0 Å². The van der Waals surface area contributed by atoms with Crippen LogP contribution in [0.15, 0.2) is 12.2 Å². The summed E-state index contributed by atoms with van der Waals surface area (Å²) in [5.74, 6) is -1.50. The first kappa shape index (κ1) is 26.7. The number of carboxylic acid groups (broad SMARTS) is 1. The molecule has 0 amide bonds. The van der Waals surface area contributed by atoms with Crippen molar-refractivity contribution in [2.75, 3.05) is 6.61 Å². The fourth-order valence-corrected chi connectivity index (χ4v) is 4.19. The van der Waals surface area contributed by atoms with Crippen LogP contribution in [0, 0.1) is 17.8 Å². The smallest absolute Gasteiger partial charge is 0.310 e. The normalized spacial score (nSPS) is 19.5. The lowest BCUT2D eigenvalue weighted by Gasteiger charge is -2.23. The molecule has 4 heteroatoms. The Labute approximate surface area is 184 Å². The second-order valence-electron chi connectivity index (χ2n) is 9.21. The van der Waals surface area contributed by atoms with Crippen molar-refractivity contribution in [2.24, 2.45) is 17.8 Å². The van der Waals surface area contributed by atoms with Crippen LogP contribution in [0.5, 0.6) is 0 Å². The molecule has 3 unspecified atom stereocenters. The maximum atomic E-state index is 12.2. The molecule has 0 aromatic carbocycles. The van der Waals surface area contributed by atoms with Crippen LogP contribution < -0.4 is 0 Å². The van der Waals surface area contributed by atoms with Crippen molar-refractivity contribution in [3.05, 3.63) is 12.2 Å². The summed E-state index contributed by atoms with van der Waals surface area (Å²) in [4.78, 5) is 23.4. The Hall–Kier alpha value is -1.32. The van der Waals surface area contributed by atoms with Crippen LogP contribution in [0.2, 0.25) is 0 Å². The summed E-state index contributed by atoms with van der Waals surface area (Å²) in [5.41, 5.74) is 0. The molecule has 0 bridgehead atoms. The van der Waals surface area contributed by atoms with E-state index in [0.717, 1.165) is 18.8 Å².